The number of amides is 3. The van der Waals surface area contributed by atoms with E-state index in [-0.39, 0.29) is 24.5 Å². The Morgan fingerprint density at radius 2 is 2.00 bits per heavy atom. The highest BCUT2D eigenvalue weighted by atomic mass is 16.6. The first kappa shape index (κ1) is 18.1. The molecule has 2 atom stereocenters. The fourth-order valence-corrected chi connectivity index (χ4v) is 4.41. The van der Waals surface area contributed by atoms with E-state index < -0.39 is 5.54 Å². The summed E-state index contributed by atoms with van der Waals surface area (Å²) >= 11 is 0. The Morgan fingerprint density at radius 3 is 2.78 bits per heavy atom. The minimum atomic E-state index is -0.701. The molecule has 3 aliphatic rings. The van der Waals surface area contributed by atoms with Gasteiger partial charge in [-0.2, -0.15) is 0 Å². The first-order valence-corrected chi connectivity index (χ1v) is 9.71. The van der Waals surface area contributed by atoms with Gasteiger partial charge in [0.2, 0.25) is 0 Å². The Balaban J connectivity index is 1.43. The molecule has 7 heteroatoms. The quantitative estimate of drug-likeness (QED) is 0.821. The zero-order chi connectivity index (χ0) is 19.0. The molecule has 2 fully saturated rings. The van der Waals surface area contributed by atoms with Gasteiger partial charge < -0.3 is 14.8 Å². The summed E-state index contributed by atoms with van der Waals surface area (Å²) in [6, 6.07) is 5.58. The smallest absolute Gasteiger partial charge is 0.326 e. The summed E-state index contributed by atoms with van der Waals surface area (Å²) in [6.07, 6.45) is 3.82. The number of imide groups is 1. The van der Waals surface area contributed by atoms with Gasteiger partial charge in [0.05, 0.1) is 6.67 Å². The lowest BCUT2D eigenvalue weighted by atomic mass is 9.73. The van der Waals surface area contributed by atoms with Crippen LogP contribution in [-0.4, -0.2) is 54.2 Å². The van der Waals surface area contributed by atoms with Gasteiger partial charge in [-0.3, -0.25) is 9.69 Å². The van der Waals surface area contributed by atoms with Crippen LogP contribution in [-0.2, 0) is 11.3 Å². The van der Waals surface area contributed by atoms with Crippen molar-refractivity contribution in [3.63, 3.8) is 0 Å². The number of rotatable bonds is 4. The van der Waals surface area contributed by atoms with Crippen LogP contribution >= 0.6 is 0 Å². The average molecular weight is 373 g/mol. The Bertz CT molecular complexity index is 753. The number of hydrogen-bond donors (Lipinski definition) is 1. The lowest BCUT2D eigenvalue weighted by Crippen LogP contribution is -2.54. The maximum Gasteiger partial charge on any atom is 0.326 e. The number of nitrogens with zero attached hydrogens (tertiary/aromatic N) is 2. The maximum atomic E-state index is 13.1. The Morgan fingerprint density at radius 1 is 1.22 bits per heavy atom. The fourth-order valence-electron chi connectivity index (χ4n) is 4.41. The molecule has 4 rings (SSSR count). The normalized spacial score (nSPS) is 27.4. The third-order valence-electron chi connectivity index (χ3n) is 5.94. The van der Waals surface area contributed by atoms with Crippen LogP contribution < -0.4 is 14.8 Å². The van der Waals surface area contributed by atoms with E-state index in [1.54, 1.807) is 0 Å². The number of carbonyl (C=O) groups excluding carboxylic acids is 2. The molecule has 27 heavy (non-hydrogen) atoms. The molecule has 2 unspecified atom stereocenters. The topological polar surface area (TPSA) is 71.1 Å². The summed E-state index contributed by atoms with van der Waals surface area (Å²) in [5.74, 6) is 1.61. The van der Waals surface area contributed by atoms with E-state index in [2.05, 4.69) is 12.2 Å². The highest BCUT2D eigenvalue weighted by Crippen LogP contribution is 2.38. The van der Waals surface area contributed by atoms with Gasteiger partial charge in [0.1, 0.15) is 18.8 Å². The van der Waals surface area contributed by atoms with Crippen LogP contribution in [0.15, 0.2) is 18.2 Å². The fraction of sp³-hybridized carbons (Fsp3) is 0.600. The van der Waals surface area contributed by atoms with Gasteiger partial charge in [-0.1, -0.05) is 25.8 Å². The summed E-state index contributed by atoms with van der Waals surface area (Å²) in [6.45, 7) is 4.07. The first-order valence-electron chi connectivity index (χ1n) is 9.71. The van der Waals surface area contributed by atoms with Crippen molar-refractivity contribution in [1.82, 2.24) is 15.1 Å². The molecule has 1 N–H and O–H groups in total. The second-order valence-corrected chi connectivity index (χ2v) is 7.92. The summed E-state index contributed by atoms with van der Waals surface area (Å²) in [5, 5.41) is 3.00. The number of hydrogen-bond acceptors (Lipinski definition) is 5. The van der Waals surface area contributed by atoms with Crippen molar-refractivity contribution in [3.05, 3.63) is 23.8 Å². The van der Waals surface area contributed by atoms with Gasteiger partial charge in [0, 0.05) is 6.54 Å². The second kappa shape index (κ2) is 7.03. The van der Waals surface area contributed by atoms with Crippen LogP contribution in [0.2, 0.25) is 0 Å². The minimum absolute atomic E-state index is 0.0753. The molecule has 0 radical (unpaired) electrons. The number of carbonyl (C=O) groups is 2. The SMILES string of the molecule is CC1CCCCC12NC(=O)N(CN(C)Cc1ccc3c(c1)OCCO3)C2=O. The van der Waals surface area contributed by atoms with Crippen molar-refractivity contribution in [2.24, 2.45) is 5.92 Å². The number of benzene rings is 1. The molecule has 1 aromatic rings. The van der Waals surface area contributed by atoms with E-state index in [0.29, 0.717) is 19.8 Å². The average Bonchev–Trinajstić information content (AvgIpc) is 2.89. The van der Waals surface area contributed by atoms with Crippen LogP contribution in [0.3, 0.4) is 0 Å². The standard InChI is InChI=1S/C20H27N3O4/c1-14-5-3-4-8-20(14)18(24)23(19(25)21-20)13-22(2)12-15-6-7-16-17(11-15)27-10-9-26-16/h6-7,11,14H,3-5,8-10,12-13H2,1-2H3,(H,21,25). The zero-order valence-electron chi connectivity index (χ0n) is 16.0. The molecule has 2 aliphatic heterocycles. The largest absolute Gasteiger partial charge is 0.486 e. The second-order valence-electron chi connectivity index (χ2n) is 7.92. The van der Waals surface area contributed by atoms with E-state index in [0.717, 1.165) is 42.7 Å². The van der Waals surface area contributed by atoms with Gasteiger partial charge in [-0.25, -0.2) is 9.69 Å². The highest BCUT2D eigenvalue weighted by molar-refractivity contribution is 6.07. The molecule has 0 bridgehead atoms. The van der Waals surface area contributed by atoms with E-state index in [9.17, 15) is 9.59 Å². The summed E-state index contributed by atoms with van der Waals surface area (Å²) < 4.78 is 11.2. The van der Waals surface area contributed by atoms with Crippen LogP contribution in [0.1, 0.15) is 38.2 Å². The first-order chi connectivity index (χ1) is 13.0. The Labute approximate surface area is 159 Å². The molecular weight excluding hydrogens is 346 g/mol. The van der Waals surface area contributed by atoms with Gasteiger partial charge in [-0.15, -0.1) is 0 Å². The summed E-state index contributed by atoms with van der Waals surface area (Å²) in [7, 11) is 1.91. The van der Waals surface area contributed by atoms with Crippen molar-refractivity contribution < 1.29 is 19.1 Å². The number of fused-ring (bicyclic) bond motifs is 1. The summed E-state index contributed by atoms with van der Waals surface area (Å²) in [4.78, 5) is 28.9. The molecule has 1 aromatic carbocycles. The highest BCUT2D eigenvalue weighted by Gasteiger charge is 2.54. The monoisotopic (exact) mass is 373 g/mol. The van der Waals surface area contributed by atoms with Gasteiger partial charge in [-0.05, 0) is 43.5 Å². The molecule has 1 aliphatic carbocycles. The maximum absolute atomic E-state index is 13.1. The molecule has 3 amide bonds. The van der Waals surface area contributed by atoms with Crippen LogP contribution in [0.4, 0.5) is 4.79 Å². The molecule has 7 nitrogen and oxygen atoms in total. The van der Waals surface area contributed by atoms with Crippen molar-refractivity contribution in [3.8, 4) is 11.5 Å². The molecule has 2 heterocycles. The van der Waals surface area contributed by atoms with Gasteiger partial charge in [0.15, 0.2) is 11.5 Å². The molecule has 1 spiro atoms. The lowest BCUT2D eigenvalue weighted by molar-refractivity contribution is -0.135. The van der Waals surface area contributed by atoms with Crippen molar-refractivity contribution in [2.75, 3.05) is 26.9 Å². The summed E-state index contributed by atoms with van der Waals surface area (Å²) in [5.41, 5.74) is 0.349. The predicted molar refractivity (Wildman–Crippen MR) is 99.5 cm³/mol. The van der Waals surface area contributed by atoms with Crippen LogP contribution in [0.5, 0.6) is 11.5 Å². The van der Waals surface area contributed by atoms with Gasteiger partial charge >= 0.3 is 6.03 Å². The van der Waals surface area contributed by atoms with Gasteiger partial charge in [0.25, 0.3) is 5.91 Å². The Hall–Kier alpha value is -2.28. The van der Waals surface area contributed by atoms with Crippen molar-refractivity contribution in [2.45, 2.75) is 44.7 Å². The Kier molecular flexibility index (Phi) is 4.72. The van der Waals surface area contributed by atoms with Crippen LogP contribution in [0, 0.1) is 5.92 Å². The van der Waals surface area contributed by atoms with E-state index in [1.807, 2.05) is 30.1 Å². The molecule has 0 aromatic heterocycles. The third kappa shape index (κ3) is 3.25. The third-order valence-corrected chi connectivity index (χ3v) is 5.94. The van der Waals surface area contributed by atoms with E-state index in [4.69, 9.17) is 9.47 Å². The molecule has 1 saturated carbocycles. The molecule has 1 saturated heterocycles. The number of urea groups is 1. The number of nitrogens with one attached hydrogen (secondary N) is 1. The van der Waals surface area contributed by atoms with E-state index >= 15 is 0 Å². The zero-order valence-corrected chi connectivity index (χ0v) is 16.0. The lowest BCUT2D eigenvalue weighted by Gasteiger charge is -2.37. The molecule has 146 valence electrons. The van der Waals surface area contributed by atoms with Crippen molar-refractivity contribution in [1.29, 1.82) is 0 Å². The van der Waals surface area contributed by atoms with E-state index in [1.165, 1.54) is 4.90 Å². The minimum Gasteiger partial charge on any atom is -0.486 e. The number of ether oxygens (including phenoxy) is 2. The van der Waals surface area contributed by atoms with Crippen LogP contribution in [0.25, 0.3) is 0 Å². The predicted octanol–water partition coefficient (Wildman–Crippen LogP) is 2.35. The molecular formula is C20H27N3O4. The van der Waals surface area contributed by atoms with Crippen molar-refractivity contribution >= 4 is 11.9 Å².